The zero-order valence-electron chi connectivity index (χ0n) is 16.0. The van der Waals surface area contributed by atoms with Gasteiger partial charge in [-0.3, -0.25) is 9.59 Å². The molecule has 0 unspecified atom stereocenters. The minimum Gasteiger partial charge on any atom is -0.347 e. The Morgan fingerprint density at radius 3 is 2.00 bits per heavy atom. The smallest absolute Gasteiger partial charge is 0.270 e. The minimum atomic E-state index is -0.311. The Morgan fingerprint density at radius 2 is 1.36 bits per heavy atom. The molecule has 3 aromatic rings. The van der Waals surface area contributed by atoms with E-state index in [1.165, 1.54) is 5.56 Å². The maximum Gasteiger partial charge on any atom is 0.270 e. The standard InChI is InChI=1S/C23H23N3O2/c1-16-10-12-18(13-11-16)14-24-22(27)20-8-5-9-21(26-20)23(28)25-15-19-7-4-3-6-17(19)2/h3-13H,14-15H2,1-2H3,(H,24,27)(H,25,28). The summed E-state index contributed by atoms with van der Waals surface area (Å²) >= 11 is 0. The van der Waals surface area contributed by atoms with E-state index < -0.39 is 0 Å². The molecule has 5 heteroatoms. The molecule has 0 atom stereocenters. The van der Waals surface area contributed by atoms with Crippen LogP contribution in [0.15, 0.2) is 66.7 Å². The Morgan fingerprint density at radius 1 is 0.750 bits per heavy atom. The van der Waals surface area contributed by atoms with E-state index in [0.717, 1.165) is 16.7 Å². The highest BCUT2D eigenvalue weighted by atomic mass is 16.2. The van der Waals surface area contributed by atoms with Crippen LogP contribution >= 0.6 is 0 Å². The summed E-state index contributed by atoms with van der Waals surface area (Å²) in [5.41, 5.74) is 4.77. The molecule has 0 aliphatic heterocycles. The van der Waals surface area contributed by atoms with Crippen molar-refractivity contribution in [3.8, 4) is 0 Å². The van der Waals surface area contributed by atoms with Crippen LogP contribution in [0.1, 0.15) is 43.2 Å². The lowest BCUT2D eigenvalue weighted by Gasteiger charge is -2.09. The van der Waals surface area contributed by atoms with E-state index in [1.54, 1.807) is 18.2 Å². The van der Waals surface area contributed by atoms with E-state index in [9.17, 15) is 9.59 Å². The third-order valence-electron chi connectivity index (χ3n) is 4.49. The molecule has 0 saturated carbocycles. The molecule has 142 valence electrons. The number of carbonyl (C=O) groups is 2. The van der Waals surface area contributed by atoms with Crippen molar-refractivity contribution in [2.45, 2.75) is 26.9 Å². The second kappa shape index (κ2) is 8.95. The molecule has 1 aromatic heterocycles. The number of aromatic nitrogens is 1. The zero-order valence-corrected chi connectivity index (χ0v) is 16.0. The van der Waals surface area contributed by atoms with Crippen molar-refractivity contribution in [3.05, 3.63) is 100 Å². The summed E-state index contributed by atoms with van der Waals surface area (Å²) in [6.07, 6.45) is 0. The predicted molar refractivity (Wildman–Crippen MR) is 109 cm³/mol. The maximum absolute atomic E-state index is 12.4. The van der Waals surface area contributed by atoms with Crippen LogP contribution in [0.25, 0.3) is 0 Å². The van der Waals surface area contributed by atoms with E-state index in [4.69, 9.17) is 0 Å². The molecule has 0 aliphatic carbocycles. The molecule has 3 rings (SSSR count). The normalized spacial score (nSPS) is 10.4. The molecule has 0 fully saturated rings. The fraction of sp³-hybridized carbons (Fsp3) is 0.174. The van der Waals surface area contributed by atoms with Gasteiger partial charge in [0.25, 0.3) is 11.8 Å². The number of aryl methyl sites for hydroxylation is 2. The van der Waals surface area contributed by atoms with Crippen LogP contribution in [0.2, 0.25) is 0 Å². The van der Waals surface area contributed by atoms with Crippen molar-refractivity contribution in [3.63, 3.8) is 0 Å². The molecule has 0 saturated heterocycles. The number of nitrogens with zero attached hydrogens (tertiary/aromatic N) is 1. The van der Waals surface area contributed by atoms with Gasteiger partial charge in [-0.15, -0.1) is 0 Å². The molecule has 0 radical (unpaired) electrons. The Bertz CT molecular complexity index is 981. The Hall–Kier alpha value is -3.47. The van der Waals surface area contributed by atoms with Crippen molar-refractivity contribution in [1.29, 1.82) is 0 Å². The first-order chi connectivity index (χ1) is 13.5. The number of pyridine rings is 1. The van der Waals surface area contributed by atoms with Gasteiger partial charge in [-0.05, 0) is 42.7 Å². The average molecular weight is 373 g/mol. The molecule has 2 aromatic carbocycles. The first-order valence-electron chi connectivity index (χ1n) is 9.16. The van der Waals surface area contributed by atoms with Gasteiger partial charge >= 0.3 is 0 Å². The molecule has 5 nitrogen and oxygen atoms in total. The highest BCUT2D eigenvalue weighted by Crippen LogP contribution is 2.07. The van der Waals surface area contributed by atoms with E-state index >= 15 is 0 Å². The molecule has 0 bridgehead atoms. The number of amides is 2. The van der Waals surface area contributed by atoms with Crippen LogP contribution in [-0.4, -0.2) is 16.8 Å². The third kappa shape index (κ3) is 5.04. The van der Waals surface area contributed by atoms with Crippen LogP contribution in [0.3, 0.4) is 0 Å². The first kappa shape index (κ1) is 19.3. The van der Waals surface area contributed by atoms with E-state index in [-0.39, 0.29) is 23.2 Å². The summed E-state index contributed by atoms with van der Waals surface area (Å²) in [4.78, 5) is 29.0. The molecule has 0 aliphatic rings. The van der Waals surface area contributed by atoms with Crippen molar-refractivity contribution in [2.75, 3.05) is 0 Å². The number of hydrogen-bond donors (Lipinski definition) is 2. The van der Waals surface area contributed by atoms with Crippen molar-refractivity contribution in [2.24, 2.45) is 0 Å². The van der Waals surface area contributed by atoms with Gasteiger partial charge < -0.3 is 10.6 Å². The van der Waals surface area contributed by atoms with E-state index in [0.29, 0.717) is 13.1 Å². The Labute approximate surface area is 164 Å². The van der Waals surface area contributed by atoms with Crippen molar-refractivity contribution >= 4 is 11.8 Å². The van der Waals surface area contributed by atoms with Gasteiger partial charge in [-0.1, -0.05) is 60.2 Å². The molecule has 2 amide bonds. The summed E-state index contributed by atoms with van der Waals surface area (Å²) in [5.74, 6) is -0.620. The summed E-state index contributed by atoms with van der Waals surface area (Å²) in [6.45, 7) is 4.84. The van der Waals surface area contributed by atoms with Gasteiger partial charge in [0.15, 0.2) is 0 Å². The number of nitrogens with one attached hydrogen (secondary N) is 2. The number of benzene rings is 2. The van der Waals surface area contributed by atoms with Crippen LogP contribution in [-0.2, 0) is 13.1 Å². The molecular weight excluding hydrogens is 350 g/mol. The highest BCUT2D eigenvalue weighted by molar-refractivity contribution is 5.96. The quantitative estimate of drug-likeness (QED) is 0.694. The van der Waals surface area contributed by atoms with Crippen molar-refractivity contribution in [1.82, 2.24) is 15.6 Å². The van der Waals surface area contributed by atoms with Gasteiger partial charge in [0, 0.05) is 13.1 Å². The minimum absolute atomic E-state index is 0.218. The fourth-order valence-electron chi connectivity index (χ4n) is 2.74. The van der Waals surface area contributed by atoms with Gasteiger partial charge in [-0.2, -0.15) is 0 Å². The number of rotatable bonds is 6. The van der Waals surface area contributed by atoms with Gasteiger partial charge in [0.2, 0.25) is 0 Å². The predicted octanol–water partition coefficient (Wildman–Crippen LogP) is 3.56. The Balaban J connectivity index is 1.60. The lowest BCUT2D eigenvalue weighted by molar-refractivity contribution is 0.0941. The van der Waals surface area contributed by atoms with Crippen LogP contribution in [0.5, 0.6) is 0 Å². The maximum atomic E-state index is 12.4. The van der Waals surface area contributed by atoms with Crippen LogP contribution in [0.4, 0.5) is 0 Å². The summed E-state index contributed by atoms with van der Waals surface area (Å²) < 4.78 is 0. The molecule has 2 N–H and O–H groups in total. The second-order valence-corrected chi connectivity index (χ2v) is 6.69. The lowest BCUT2D eigenvalue weighted by atomic mass is 10.1. The first-order valence-corrected chi connectivity index (χ1v) is 9.16. The monoisotopic (exact) mass is 373 g/mol. The molecule has 0 spiro atoms. The van der Waals surface area contributed by atoms with Gasteiger partial charge in [0.1, 0.15) is 11.4 Å². The summed E-state index contributed by atoms with van der Waals surface area (Å²) in [7, 11) is 0. The van der Waals surface area contributed by atoms with Gasteiger partial charge in [-0.25, -0.2) is 4.98 Å². The highest BCUT2D eigenvalue weighted by Gasteiger charge is 2.12. The summed E-state index contributed by atoms with van der Waals surface area (Å²) in [6, 6.07) is 20.7. The second-order valence-electron chi connectivity index (χ2n) is 6.69. The number of hydrogen-bond acceptors (Lipinski definition) is 3. The largest absolute Gasteiger partial charge is 0.347 e. The Kier molecular flexibility index (Phi) is 6.17. The SMILES string of the molecule is Cc1ccc(CNC(=O)c2cccc(C(=O)NCc3ccccc3C)n2)cc1. The van der Waals surface area contributed by atoms with E-state index in [1.807, 2.05) is 62.4 Å². The number of carbonyl (C=O) groups excluding carboxylic acids is 2. The molecular formula is C23H23N3O2. The lowest BCUT2D eigenvalue weighted by Crippen LogP contribution is -2.27. The third-order valence-corrected chi connectivity index (χ3v) is 4.49. The zero-order chi connectivity index (χ0) is 19.9. The van der Waals surface area contributed by atoms with Crippen molar-refractivity contribution < 1.29 is 9.59 Å². The average Bonchev–Trinajstić information content (AvgIpc) is 2.72. The summed E-state index contributed by atoms with van der Waals surface area (Å²) in [5, 5.41) is 5.69. The van der Waals surface area contributed by atoms with Crippen LogP contribution in [0, 0.1) is 13.8 Å². The fourth-order valence-corrected chi connectivity index (χ4v) is 2.74. The van der Waals surface area contributed by atoms with E-state index in [2.05, 4.69) is 15.6 Å². The molecule has 1 heterocycles. The topological polar surface area (TPSA) is 71.1 Å². The van der Waals surface area contributed by atoms with Gasteiger partial charge in [0.05, 0.1) is 0 Å². The molecule has 28 heavy (non-hydrogen) atoms. The van der Waals surface area contributed by atoms with Crippen LogP contribution < -0.4 is 10.6 Å².